The Morgan fingerprint density at radius 2 is 2.16 bits per heavy atom. The van der Waals surface area contributed by atoms with Crippen LogP contribution in [0, 0.1) is 0 Å². The summed E-state index contributed by atoms with van der Waals surface area (Å²) in [6, 6.07) is 9.76. The second kappa shape index (κ2) is 7.10. The van der Waals surface area contributed by atoms with Crippen LogP contribution >= 0.6 is 0 Å². The first kappa shape index (κ1) is 13.8. The summed E-state index contributed by atoms with van der Waals surface area (Å²) < 4.78 is 5.18. The third-order valence-corrected chi connectivity index (χ3v) is 3.33. The fraction of sp³-hybridized carbons (Fsp3) is 0.438. The van der Waals surface area contributed by atoms with Crippen molar-refractivity contribution in [3.8, 4) is 0 Å². The molecule has 1 aromatic rings. The van der Waals surface area contributed by atoms with Crippen LogP contribution in [0.2, 0.25) is 0 Å². The normalized spacial score (nSPS) is 19.9. The van der Waals surface area contributed by atoms with E-state index in [1.807, 2.05) is 37.3 Å². The molecule has 0 amide bonds. The molecule has 102 valence electrons. The molecular formula is C16H21NO2. The van der Waals surface area contributed by atoms with Gasteiger partial charge in [-0.05, 0) is 31.7 Å². The van der Waals surface area contributed by atoms with E-state index in [0.717, 1.165) is 24.8 Å². The topological polar surface area (TPSA) is 38.3 Å². The summed E-state index contributed by atoms with van der Waals surface area (Å²) in [7, 11) is 0. The molecule has 1 aliphatic rings. The minimum absolute atomic E-state index is 0.191. The van der Waals surface area contributed by atoms with Gasteiger partial charge in [0.1, 0.15) is 6.04 Å². The number of allylic oxidation sites excluding steroid dienone is 1. The van der Waals surface area contributed by atoms with E-state index in [1.165, 1.54) is 0 Å². The quantitative estimate of drug-likeness (QED) is 0.652. The van der Waals surface area contributed by atoms with Crippen molar-refractivity contribution >= 4 is 5.97 Å². The van der Waals surface area contributed by atoms with E-state index in [9.17, 15) is 4.79 Å². The predicted molar refractivity (Wildman–Crippen MR) is 75.7 cm³/mol. The Balaban J connectivity index is 2.10. The summed E-state index contributed by atoms with van der Waals surface area (Å²) >= 11 is 0. The summed E-state index contributed by atoms with van der Waals surface area (Å²) in [5.74, 6) is -0.191. The molecule has 2 unspecified atom stereocenters. The average Bonchev–Trinajstić information content (AvgIpc) is 2.47. The Morgan fingerprint density at radius 3 is 2.79 bits per heavy atom. The molecule has 3 heteroatoms. The van der Waals surface area contributed by atoms with Gasteiger partial charge in [-0.1, -0.05) is 42.5 Å². The molecule has 0 bridgehead atoms. The predicted octanol–water partition coefficient (Wildman–Crippen LogP) is 2.99. The van der Waals surface area contributed by atoms with Crippen molar-refractivity contribution in [3.05, 3.63) is 48.0 Å². The van der Waals surface area contributed by atoms with E-state index in [0.29, 0.717) is 12.6 Å². The van der Waals surface area contributed by atoms with Gasteiger partial charge >= 0.3 is 5.97 Å². The number of carbonyl (C=O) groups is 1. The standard InChI is InChI=1S/C16H21NO2/c1-2-19-16(18)15(13-9-5-3-6-10-13)17-14-11-7-4-8-12-14/h3-7,9-10,14-15,17H,2,8,11-12H2,1H3. The highest BCUT2D eigenvalue weighted by molar-refractivity contribution is 5.77. The smallest absolute Gasteiger partial charge is 0.327 e. The van der Waals surface area contributed by atoms with Gasteiger partial charge in [0.15, 0.2) is 0 Å². The first-order valence-corrected chi connectivity index (χ1v) is 6.94. The summed E-state index contributed by atoms with van der Waals surface area (Å²) in [5.41, 5.74) is 0.968. The van der Waals surface area contributed by atoms with Crippen LogP contribution in [0.3, 0.4) is 0 Å². The van der Waals surface area contributed by atoms with Gasteiger partial charge in [-0.15, -0.1) is 0 Å². The van der Waals surface area contributed by atoms with Crippen molar-refractivity contribution in [3.63, 3.8) is 0 Å². The highest BCUT2D eigenvalue weighted by Crippen LogP contribution is 2.19. The molecule has 2 atom stereocenters. The molecule has 0 saturated heterocycles. The number of rotatable bonds is 5. The molecule has 1 aromatic carbocycles. The van der Waals surface area contributed by atoms with Gasteiger partial charge in [-0.2, -0.15) is 0 Å². The zero-order valence-corrected chi connectivity index (χ0v) is 11.3. The van der Waals surface area contributed by atoms with Gasteiger partial charge in [0.25, 0.3) is 0 Å². The Kier molecular flexibility index (Phi) is 5.16. The first-order chi connectivity index (χ1) is 9.31. The summed E-state index contributed by atoms with van der Waals surface area (Å²) in [6.45, 7) is 2.25. The molecule has 0 aliphatic heterocycles. The summed E-state index contributed by atoms with van der Waals surface area (Å²) in [6.07, 6.45) is 7.48. The lowest BCUT2D eigenvalue weighted by molar-refractivity contribution is -0.146. The van der Waals surface area contributed by atoms with Crippen LogP contribution in [0.25, 0.3) is 0 Å². The fourth-order valence-electron chi connectivity index (χ4n) is 2.35. The van der Waals surface area contributed by atoms with Gasteiger partial charge in [-0.3, -0.25) is 5.32 Å². The van der Waals surface area contributed by atoms with Crippen LogP contribution in [-0.4, -0.2) is 18.6 Å². The van der Waals surface area contributed by atoms with Crippen molar-refractivity contribution in [1.29, 1.82) is 0 Å². The van der Waals surface area contributed by atoms with E-state index in [1.54, 1.807) is 0 Å². The van der Waals surface area contributed by atoms with Gasteiger partial charge in [0.05, 0.1) is 6.61 Å². The van der Waals surface area contributed by atoms with E-state index in [2.05, 4.69) is 17.5 Å². The van der Waals surface area contributed by atoms with Crippen LogP contribution in [0.15, 0.2) is 42.5 Å². The lowest BCUT2D eigenvalue weighted by Crippen LogP contribution is -2.38. The molecule has 1 N–H and O–H groups in total. The molecule has 0 heterocycles. The average molecular weight is 259 g/mol. The molecule has 3 nitrogen and oxygen atoms in total. The van der Waals surface area contributed by atoms with Crippen molar-refractivity contribution < 1.29 is 9.53 Å². The molecule has 0 saturated carbocycles. The first-order valence-electron chi connectivity index (χ1n) is 6.94. The molecule has 0 spiro atoms. The van der Waals surface area contributed by atoms with Crippen LogP contribution in [-0.2, 0) is 9.53 Å². The second-order valence-electron chi connectivity index (χ2n) is 4.74. The maximum Gasteiger partial charge on any atom is 0.327 e. The van der Waals surface area contributed by atoms with E-state index in [-0.39, 0.29) is 12.0 Å². The molecule has 0 aromatic heterocycles. The number of nitrogens with one attached hydrogen (secondary N) is 1. The van der Waals surface area contributed by atoms with Crippen molar-refractivity contribution in [2.45, 2.75) is 38.3 Å². The van der Waals surface area contributed by atoms with Crippen LogP contribution in [0.4, 0.5) is 0 Å². The van der Waals surface area contributed by atoms with Crippen molar-refractivity contribution in [2.24, 2.45) is 0 Å². The molecule has 2 rings (SSSR count). The van der Waals surface area contributed by atoms with Gasteiger partial charge in [0.2, 0.25) is 0 Å². The maximum absolute atomic E-state index is 12.1. The lowest BCUT2D eigenvalue weighted by atomic mass is 9.99. The Bertz CT molecular complexity index is 428. The molecule has 1 aliphatic carbocycles. The monoisotopic (exact) mass is 259 g/mol. The van der Waals surface area contributed by atoms with E-state index >= 15 is 0 Å². The number of carbonyl (C=O) groups excluding carboxylic acids is 1. The molecule has 0 fully saturated rings. The maximum atomic E-state index is 12.1. The minimum atomic E-state index is -0.363. The molecule has 0 radical (unpaired) electrons. The van der Waals surface area contributed by atoms with E-state index < -0.39 is 0 Å². The molecule has 19 heavy (non-hydrogen) atoms. The van der Waals surface area contributed by atoms with Gasteiger partial charge < -0.3 is 4.74 Å². The fourth-order valence-corrected chi connectivity index (χ4v) is 2.35. The van der Waals surface area contributed by atoms with Gasteiger partial charge in [0, 0.05) is 6.04 Å². The Morgan fingerprint density at radius 1 is 1.37 bits per heavy atom. The van der Waals surface area contributed by atoms with Gasteiger partial charge in [-0.25, -0.2) is 4.79 Å². The third-order valence-electron chi connectivity index (χ3n) is 3.33. The van der Waals surface area contributed by atoms with Crippen LogP contribution in [0.5, 0.6) is 0 Å². The summed E-state index contributed by atoms with van der Waals surface area (Å²) in [4.78, 5) is 12.1. The number of ether oxygens (including phenoxy) is 1. The second-order valence-corrected chi connectivity index (χ2v) is 4.74. The zero-order chi connectivity index (χ0) is 13.5. The van der Waals surface area contributed by atoms with Crippen molar-refractivity contribution in [1.82, 2.24) is 5.32 Å². The highest BCUT2D eigenvalue weighted by atomic mass is 16.5. The SMILES string of the molecule is CCOC(=O)C(NC1CC=CCC1)c1ccccc1. The minimum Gasteiger partial charge on any atom is -0.465 e. The largest absolute Gasteiger partial charge is 0.465 e. The zero-order valence-electron chi connectivity index (χ0n) is 11.3. The van der Waals surface area contributed by atoms with Crippen LogP contribution in [0.1, 0.15) is 37.8 Å². The van der Waals surface area contributed by atoms with E-state index in [4.69, 9.17) is 4.74 Å². The Labute approximate surface area is 114 Å². The highest BCUT2D eigenvalue weighted by Gasteiger charge is 2.24. The number of hydrogen-bond acceptors (Lipinski definition) is 3. The third kappa shape index (κ3) is 3.93. The Hall–Kier alpha value is -1.61. The number of hydrogen-bond donors (Lipinski definition) is 1. The lowest BCUT2D eigenvalue weighted by Gasteiger charge is -2.25. The number of benzene rings is 1. The van der Waals surface area contributed by atoms with Crippen LogP contribution < -0.4 is 5.32 Å². The van der Waals surface area contributed by atoms with Crippen molar-refractivity contribution in [2.75, 3.05) is 6.61 Å². The molecular weight excluding hydrogens is 238 g/mol. The number of esters is 1. The summed E-state index contributed by atoms with van der Waals surface area (Å²) in [5, 5.41) is 3.43.